The van der Waals surface area contributed by atoms with Crippen LogP contribution in [0.1, 0.15) is 16.8 Å². The number of carbonyl (C=O) groups is 3. The van der Waals surface area contributed by atoms with E-state index in [0.717, 1.165) is 11.8 Å². The highest BCUT2D eigenvalue weighted by atomic mass is 32.2. The zero-order valence-electron chi connectivity index (χ0n) is 8.88. The van der Waals surface area contributed by atoms with Crippen LogP contribution >= 0.6 is 11.8 Å². The third-order valence-electron chi connectivity index (χ3n) is 1.80. The molecule has 1 rings (SSSR count). The number of thioether (sulfide) groups is 1. The molecule has 0 saturated carbocycles. The summed E-state index contributed by atoms with van der Waals surface area (Å²) in [4.78, 5) is 32.9. The number of benzene rings is 1. The van der Waals surface area contributed by atoms with Gasteiger partial charge in [0.15, 0.2) is 0 Å². The Morgan fingerprint density at radius 3 is 2.41 bits per heavy atom. The number of hydrogen-bond acceptors (Lipinski definition) is 4. The summed E-state index contributed by atoms with van der Waals surface area (Å²) in [6.45, 7) is 0. The van der Waals surface area contributed by atoms with Gasteiger partial charge in [-0.3, -0.25) is 19.7 Å². The molecule has 0 fully saturated rings. The van der Waals surface area contributed by atoms with E-state index < -0.39 is 17.1 Å². The zero-order chi connectivity index (χ0) is 12.7. The molecule has 0 spiro atoms. The van der Waals surface area contributed by atoms with Gasteiger partial charge in [-0.15, -0.1) is 0 Å². The molecule has 90 valence electrons. The fourth-order valence-corrected chi connectivity index (χ4v) is 1.65. The summed E-state index contributed by atoms with van der Waals surface area (Å²) in [5.41, 5.74) is 0.389. The number of amides is 2. The Labute approximate surface area is 102 Å². The van der Waals surface area contributed by atoms with E-state index in [-0.39, 0.29) is 12.2 Å². The minimum Gasteiger partial charge on any atom is -0.481 e. The molecule has 1 aromatic rings. The average Bonchev–Trinajstić information content (AvgIpc) is 2.29. The fourth-order valence-electron chi connectivity index (χ4n) is 1.02. The molecular weight excluding hydrogens is 242 g/mol. The highest BCUT2D eigenvalue weighted by molar-refractivity contribution is 8.13. The van der Waals surface area contributed by atoms with Crippen molar-refractivity contribution in [2.75, 3.05) is 5.75 Å². The first-order valence-corrected chi connectivity index (χ1v) is 5.83. The first-order chi connectivity index (χ1) is 8.09. The highest BCUT2D eigenvalue weighted by Crippen LogP contribution is 2.05. The van der Waals surface area contributed by atoms with Gasteiger partial charge in [0.2, 0.25) is 0 Å². The molecule has 0 unspecified atom stereocenters. The van der Waals surface area contributed by atoms with Crippen LogP contribution < -0.4 is 5.32 Å². The summed E-state index contributed by atoms with van der Waals surface area (Å²) in [6.07, 6.45) is -0.113. The molecule has 0 radical (unpaired) electrons. The van der Waals surface area contributed by atoms with Crippen LogP contribution in [0.4, 0.5) is 4.79 Å². The maximum absolute atomic E-state index is 11.5. The van der Waals surface area contributed by atoms with Gasteiger partial charge >= 0.3 is 5.97 Å². The number of carbonyl (C=O) groups excluding carboxylic acids is 2. The van der Waals surface area contributed by atoms with Gasteiger partial charge < -0.3 is 5.11 Å². The van der Waals surface area contributed by atoms with Gasteiger partial charge in [-0.25, -0.2) is 0 Å². The van der Waals surface area contributed by atoms with Gasteiger partial charge in [0.05, 0.1) is 6.42 Å². The van der Waals surface area contributed by atoms with Crippen molar-refractivity contribution in [1.82, 2.24) is 5.32 Å². The lowest BCUT2D eigenvalue weighted by Gasteiger charge is -2.02. The van der Waals surface area contributed by atoms with Gasteiger partial charge in [0, 0.05) is 11.3 Å². The first-order valence-electron chi connectivity index (χ1n) is 4.84. The van der Waals surface area contributed by atoms with E-state index in [4.69, 9.17) is 5.11 Å². The fraction of sp³-hybridized carbons (Fsp3) is 0.182. The summed E-state index contributed by atoms with van der Waals surface area (Å²) in [6, 6.07) is 8.32. The predicted molar refractivity (Wildman–Crippen MR) is 64.0 cm³/mol. The summed E-state index contributed by atoms with van der Waals surface area (Å²) >= 11 is 0.776. The van der Waals surface area contributed by atoms with Crippen LogP contribution in [0.15, 0.2) is 30.3 Å². The number of hydrogen-bond donors (Lipinski definition) is 2. The number of nitrogens with one attached hydrogen (secondary N) is 1. The second-order valence-corrected chi connectivity index (χ2v) is 4.17. The monoisotopic (exact) mass is 253 g/mol. The van der Waals surface area contributed by atoms with E-state index >= 15 is 0 Å². The second kappa shape index (κ2) is 6.70. The number of rotatable bonds is 4. The first kappa shape index (κ1) is 13.2. The maximum atomic E-state index is 11.5. The van der Waals surface area contributed by atoms with Crippen LogP contribution in [0.5, 0.6) is 0 Å². The summed E-state index contributed by atoms with van der Waals surface area (Å²) in [5.74, 6) is -1.32. The number of aliphatic carboxylic acids is 1. The van der Waals surface area contributed by atoms with E-state index in [2.05, 4.69) is 5.32 Å². The van der Waals surface area contributed by atoms with Crippen LogP contribution in [-0.2, 0) is 4.79 Å². The molecule has 0 aliphatic rings. The lowest BCUT2D eigenvalue weighted by molar-refractivity contribution is -0.136. The van der Waals surface area contributed by atoms with E-state index in [1.165, 1.54) is 0 Å². The molecule has 0 aromatic heterocycles. The van der Waals surface area contributed by atoms with Gasteiger partial charge in [0.25, 0.3) is 11.1 Å². The number of carboxylic acid groups (broad SMARTS) is 1. The summed E-state index contributed by atoms with van der Waals surface area (Å²) in [7, 11) is 0. The van der Waals surface area contributed by atoms with Crippen molar-refractivity contribution < 1.29 is 19.5 Å². The highest BCUT2D eigenvalue weighted by Gasteiger charge is 2.10. The molecule has 6 heteroatoms. The quantitative estimate of drug-likeness (QED) is 0.854. The molecule has 0 heterocycles. The van der Waals surface area contributed by atoms with E-state index in [1.54, 1.807) is 30.3 Å². The molecule has 0 aliphatic carbocycles. The lowest BCUT2D eigenvalue weighted by Crippen LogP contribution is -2.27. The van der Waals surface area contributed by atoms with Crippen molar-refractivity contribution in [3.8, 4) is 0 Å². The van der Waals surface area contributed by atoms with Crippen LogP contribution in [0, 0.1) is 0 Å². The van der Waals surface area contributed by atoms with Crippen molar-refractivity contribution >= 4 is 28.9 Å². The third kappa shape index (κ3) is 5.17. The standard InChI is InChI=1S/C11H11NO4S/c13-9(14)6-7-17-11(16)12-10(15)8-4-2-1-3-5-8/h1-5H,6-7H2,(H,13,14)(H,12,15,16). The third-order valence-corrected chi connectivity index (χ3v) is 2.57. The number of carboxylic acids is 1. The molecule has 5 nitrogen and oxygen atoms in total. The molecule has 0 saturated heterocycles. The summed E-state index contributed by atoms with van der Waals surface area (Å²) in [5, 5.41) is 9.99. The molecule has 2 amide bonds. The van der Waals surface area contributed by atoms with Crippen LogP contribution in [-0.4, -0.2) is 28.0 Å². The molecule has 2 N–H and O–H groups in total. The van der Waals surface area contributed by atoms with Crippen LogP contribution in [0.2, 0.25) is 0 Å². The van der Waals surface area contributed by atoms with Gasteiger partial charge in [-0.2, -0.15) is 0 Å². The molecule has 0 bridgehead atoms. The van der Waals surface area contributed by atoms with Crippen molar-refractivity contribution in [3.63, 3.8) is 0 Å². The van der Waals surface area contributed by atoms with Gasteiger partial charge in [-0.1, -0.05) is 30.0 Å². The Bertz CT molecular complexity index is 419. The van der Waals surface area contributed by atoms with Gasteiger partial charge in [0.1, 0.15) is 0 Å². The van der Waals surface area contributed by atoms with Crippen molar-refractivity contribution in [2.24, 2.45) is 0 Å². The molecule has 0 atom stereocenters. The van der Waals surface area contributed by atoms with Crippen LogP contribution in [0.25, 0.3) is 0 Å². The van der Waals surface area contributed by atoms with E-state index in [9.17, 15) is 14.4 Å². The van der Waals surface area contributed by atoms with Crippen LogP contribution in [0.3, 0.4) is 0 Å². The topological polar surface area (TPSA) is 83.5 Å². The minimum atomic E-state index is -0.973. The SMILES string of the molecule is O=C(O)CCSC(=O)NC(=O)c1ccccc1. The Kier molecular flexibility index (Phi) is 5.22. The molecular formula is C11H11NO4S. The minimum absolute atomic E-state index is 0.113. The van der Waals surface area contributed by atoms with E-state index in [0.29, 0.717) is 5.56 Å². The van der Waals surface area contributed by atoms with Crippen molar-refractivity contribution in [2.45, 2.75) is 6.42 Å². The van der Waals surface area contributed by atoms with Crippen molar-refractivity contribution in [1.29, 1.82) is 0 Å². The average molecular weight is 253 g/mol. The summed E-state index contributed by atoms with van der Waals surface area (Å²) < 4.78 is 0. The second-order valence-electron chi connectivity index (χ2n) is 3.10. The Morgan fingerprint density at radius 2 is 1.82 bits per heavy atom. The Morgan fingerprint density at radius 1 is 1.18 bits per heavy atom. The lowest BCUT2D eigenvalue weighted by atomic mass is 10.2. The molecule has 17 heavy (non-hydrogen) atoms. The smallest absolute Gasteiger partial charge is 0.304 e. The van der Waals surface area contributed by atoms with E-state index in [1.807, 2.05) is 0 Å². The Balaban J connectivity index is 2.36. The van der Waals surface area contributed by atoms with Crippen molar-refractivity contribution in [3.05, 3.63) is 35.9 Å². The normalized spacial score (nSPS) is 9.65. The largest absolute Gasteiger partial charge is 0.481 e. The van der Waals surface area contributed by atoms with Gasteiger partial charge in [-0.05, 0) is 12.1 Å². The predicted octanol–water partition coefficient (Wildman–Crippen LogP) is 1.74. The molecule has 1 aromatic carbocycles. The molecule has 0 aliphatic heterocycles. The maximum Gasteiger partial charge on any atom is 0.304 e. The zero-order valence-corrected chi connectivity index (χ0v) is 9.70. The Hall–Kier alpha value is -1.82. The number of imide groups is 1.